The molecular weight excluding hydrogens is 258 g/mol. The van der Waals surface area contributed by atoms with E-state index in [0.717, 1.165) is 12.0 Å². The van der Waals surface area contributed by atoms with Crippen molar-refractivity contribution < 1.29 is 19.0 Å². The predicted molar refractivity (Wildman–Crippen MR) is 68.6 cm³/mol. The number of rotatable bonds is 3. The van der Waals surface area contributed by atoms with E-state index in [1.54, 1.807) is 20.3 Å². The summed E-state index contributed by atoms with van der Waals surface area (Å²) in [4.78, 5) is 11.2. The lowest BCUT2D eigenvalue weighted by molar-refractivity contribution is 0.115. The van der Waals surface area contributed by atoms with Gasteiger partial charge in [0.1, 0.15) is 11.5 Å². The average Bonchev–Trinajstić information content (AvgIpc) is 2.38. The van der Waals surface area contributed by atoms with E-state index in [2.05, 4.69) is 5.32 Å². The number of carbonyl (C=O) groups is 1. The molecule has 1 aliphatic rings. The number of benzene rings is 1. The summed E-state index contributed by atoms with van der Waals surface area (Å²) in [5, 5.41) is 2.76. The number of hydrogen-bond acceptors (Lipinski definition) is 4. The van der Waals surface area contributed by atoms with Gasteiger partial charge in [0.25, 0.3) is 0 Å². The van der Waals surface area contributed by atoms with Gasteiger partial charge in [0.05, 0.1) is 26.9 Å². The van der Waals surface area contributed by atoms with Crippen LogP contribution in [0, 0.1) is 0 Å². The molecule has 0 saturated carbocycles. The molecular formula is C12H16ClNO4. The number of cyclic esters (lactones) is 1. The van der Waals surface area contributed by atoms with Crippen LogP contribution in [-0.4, -0.2) is 26.9 Å². The number of nitrogens with one attached hydrogen (secondary N) is 1. The van der Waals surface area contributed by atoms with Crippen molar-refractivity contribution in [2.75, 3.05) is 20.8 Å². The van der Waals surface area contributed by atoms with Crippen LogP contribution in [0.25, 0.3) is 0 Å². The molecule has 1 aromatic rings. The zero-order valence-electron chi connectivity index (χ0n) is 10.3. The van der Waals surface area contributed by atoms with Gasteiger partial charge in [0.2, 0.25) is 0 Å². The van der Waals surface area contributed by atoms with Gasteiger partial charge in [-0.25, -0.2) is 4.79 Å². The zero-order valence-corrected chi connectivity index (χ0v) is 11.1. The molecule has 1 heterocycles. The number of carbonyl (C=O) groups excluding carboxylic acids is 1. The zero-order chi connectivity index (χ0) is 12.3. The van der Waals surface area contributed by atoms with E-state index >= 15 is 0 Å². The van der Waals surface area contributed by atoms with Crippen LogP contribution in [-0.2, 0) is 4.74 Å². The molecule has 0 bridgehead atoms. The molecule has 5 nitrogen and oxygen atoms in total. The SMILES string of the molecule is COc1cc(OC)cc([C@@H]2CCOC(=O)N2)c1.Cl. The summed E-state index contributed by atoms with van der Waals surface area (Å²) in [7, 11) is 3.20. The van der Waals surface area contributed by atoms with Crippen LogP contribution >= 0.6 is 12.4 Å². The Balaban J connectivity index is 0.00000162. The van der Waals surface area contributed by atoms with Crippen LogP contribution in [0.1, 0.15) is 18.0 Å². The van der Waals surface area contributed by atoms with Gasteiger partial charge in [0, 0.05) is 12.5 Å². The van der Waals surface area contributed by atoms with Gasteiger partial charge in [-0.3, -0.25) is 0 Å². The van der Waals surface area contributed by atoms with Gasteiger partial charge in [0.15, 0.2) is 0 Å². The van der Waals surface area contributed by atoms with Crippen LogP contribution in [0.2, 0.25) is 0 Å². The molecule has 0 spiro atoms. The third-order valence-corrected chi connectivity index (χ3v) is 2.71. The minimum Gasteiger partial charge on any atom is -0.497 e. The van der Waals surface area contributed by atoms with Crippen molar-refractivity contribution in [1.82, 2.24) is 5.32 Å². The Hall–Kier alpha value is -1.62. The smallest absolute Gasteiger partial charge is 0.407 e. The number of halogens is 1. The lowest BCUT2D eigenvalue weighted by atomic mass is 10.0. The van der Waals surface area contributed by atoms with Crippen molar-refractivity contribution >= 4 is 18.5 Å². The molecule has 1 atom stereocenters. The topological polar surface area (TPSA) is 56.8 Å². The summed E-state index contributed by atoms with van der Waals surface area (Å²) < 4.78 is 15.2. The lowest BCUT2D eigenvalue weighted by Crippen LogP contribution is -2.35. The van der Waals surface area contributed by atoms with E-state index in [1.165, 1.54) is 0 Å². The normalized spacial score (nSPS) is 18.1. The molecule has 18 heavy (non-hydrogen) atoms. The molecule has 100 valence electrons. The maximum absolute atomic E-state index is 11.2. The number of alkyl carbamates (subject to hydrolysis) is 1. The van der Waals surface area contributed by atoms with E-state index in [4.69, 9.17) is 14.2 Å². The van der Waals surface area contributed by atoms with Gasteiger partial charge < -0.3 is 19.5 Å². The molecule has 0 radical (unpaired) electrons. The first-order chi connectivity index (χ1) is 8.22. The summed E-state index contributed by atoms with van der Waals surface area (Å²) in [6.45, 7) is 0.427. The largest absolute Gasteiger partial charge is 0.497 e. The van der Waals surface area contributed by atoms with Crippen molar-refractivity contribution in [1.29, 1.82) is 0 Å². The Morgan fingerprint density at radius 1 is 1.22 bits per heavy atom. The summed E-state index contributed by atoms with van der Waals surface area (Å²) in [5.41, 5.74) is 0.956. The van der Waals surface area contributed by atoms with Crippen molar-refractivity contribution in [3.05, 3.63) is 23.8 Å². The average molecular weight is 274 g/mol. The first-order valence-electron chi connectivity index (χ1n) is 5.39. The van der Waals surface area contributed by atoms with Crippen LogP contribution in [0.3, 0.4) is 0 Å². The highest BCUT2D eigenvalue weighted by Crippen LogP contribution is 2.29. The quantitative estimate of drug-likeness (QED) is 0.918. The van der Waals surface area contributed by atoms with E-state index in [0.29, 0.717) is 18.1 Å². The molecule has 1 fully saturated rings. The maximum atomic E-state index is 11.2. The van der Waals surface area contributed by atoms with E-state index in [1.807, 2.05) is 12.1 Å². The molecule has 1 saturated heterocycles. The Morgan fingerprint density at radius 3 is 2.33 bits per heavy atom. The van der Waals surface area contributed by atoms with E-state index < -0.39 is 0 Å². The predicted octanol–water partition coefficient (Wildman–Crippen LogP) is 2.30. The third kappa shape index (κ3) is 3.20. The Labute approximate surface area is 112 Å². The first-order valence-corrected chi connectivity index (χ1v) is 5.39. The van der Waals surface area contributed by atoms with Crippen molar-refractivity contribution in [2.24, 2.45) is 0 Å². The molecule has 2 rings (SSSR count). The summed E-state index contributed by atoms with van der Waals surface area (Å²) >= 11 is 0. The third-order valence-electron chi connectivity index (χ3n) is 2.71. The van der Waals surface area contributed by atoms with E-state index in [9.17, 15) is 4.79 Å². The summed E-state index contributed by atoms with van der Waals surface area (Å²) in [6, 6.07) is 5.52. The van der Waals surface area contributed by atoms with Crippen LogP contribution < -0.4 is 14.8 Å². The fraction of sp³-hybridized carbons (Fsp3) is 0.417. The molecule has 0 unspecified atom stereocenters. The highest BCUT2D eigenvalue weighted by molar-refractivity contribution is 5.85. The minimum absolute atomic E-state index is 0. The van der Waals surface area contributed by atoms with Gasteiger partial charge >= 0.3 is 6.09 Å². The second kappa shape index (κ2) is 6.35. The van der Waals surface area contributed by atoms with Gasteiger partial charge in [-0.15, -0.1) is 12.4 Å². The van der Waals surface area contributed by atoms with E-state index in [-0.39, 0.29) is 24.5 Å². The molecule has 1 amide bonds. The monoisotopic (exact) mass is 273 g/mol. The number of ether oxygens (including phenoxy) is 3. The van der Waals surface area contributed by atoms with Crippen LogP contribution in [0.15, 0.2) is 18.2 Å². The summed E-state index contributed by atoms with van der Waals surface area (Å²) in [5.74, 6) is 1.42. The standard InChI is InChI=1S/C12H15NO4.ClH/c1-15-9-5-8(6-10(7-9)16-2)11-3-4-17-12(14)13-11;/h5-7,11H,3-4H2,1-2H3,(H,13,14);1H/t11-;/m0./s1. The number of methoxy groups -OCH3 is 2. The minimum atomic E-state index is -0.386. The van der Waals surface area contributed by atoms with Gasteiger partial charge in [-0.1, -0.05) is 0 Å². The highest BCUT2D eigenvalue weighted by atomic mass is 35.5. The molecule has 1 aromatic carbocycles. The summed E-state index contributed by atoms with van der Waals surface area (Å²) in [6.07, 6.45) is 0.352. The van der Waals surface area contributed by atoms with Gasteiger partial charge in [-0.2, -0.15) is 0 Å². The van der Waals surface area contributed by atoms with Gasteiger partial charge in [-0.05, 0) is 17.7 Å². The second-order valence-corrected chi connectivity index (χ2v) is 3.77. The maximum Gasteiger partial charge on any atom is 0.407 e. The number of amides is 1. The fourth-order valence-electron chi connectivity index (χ4n) is 1.81. The Kier molecular flexibility index (Phi) is 5.09. The van der Waals surface area contributed by atoms with Crippen LogP contribution in [0.4, 0.5) is 4.79 Å². The second-order valence-electron chi connectivity index (χ2n) is 3.77. The fourth-order valence-corrected chi connectivity index (χ4v) is 1.81. The van der Waals surface area contributed by atoms with Crippen molar-refractivity contribution in [3.63, 3.8) is 0 Å². The molecule has 6 heteroatoms. The Bertz CT molecular complexity index is 402. The molecule has 0 aromatic heterocycles. The molecule has 1 N–H and O–H groups in total. The molecule has 1 aliphatic heterocycles. The first kappa shape index (κ1) is 14.4. The van der Waals surface area contributed by atoms with Crippen molar-refractivity contribution in [2.45, 2.75) is 12.5 Å². The number of hydrogen-bond donors (Lipinski definition) is 1. The van der Waals surface area contributed by atoms with Crippen molar-refractivity contribution in [3.8, 4) is 11.5 Å². The van der Waals surface area contributed by atoms with Crippen LogP contribution in [0.5, 0.6) is 11.5 Å². The molecule has 0 aliphatic carbocycles. The lowest BCUT2D eigenvalue weighted by Gasteiger charge is -2.24. The Morgan fingerprint density at radius 2 is 1.83 bits per heavy atom. The highest BCUT2D eigenvalue weighted by Gasteiger charge is 2.21.